The van der Waals surface area contributed by atoms with Gasteiger partial charge in [0.05, 0.1) is 0 Å². The number of hydrogen-bond donors (Lipinski definition) is 1. The quantitative estimate of drug-likeness (QED) is 0.352. The first-order valence-corrected chi connectivity index (χ1v) is 2.45. The van der Waals surface area contributed by atoms with E-state index in [0.717, 1.165) is 0 Å². The Labute approximate surface area is 60.5 Å². The second kappa shape index (κ2) is 5.03. The van der Waals surface area contributed by atoms with Gasteiger partial charge in [-0.05, 0) is 0 Å². The zero-order chi connectivity index (χ0) is 4.50. The zero-order valence-corrected chi connectivity index (χ0v) is 6.51. The molecule has 5 nitrogen and oxygen atoms in total. The monoisotopic (exact) mass is 155 g/mol. The molecule has 0 rings (SSSR count). The van der Waals surface area contributed by atoms with Gasteiger partial charge in [0.1, 0.15) is 0 Å². The van der Waals surface area contributed by atoms with Crippen molar-refractivity contribution in [2.24, 2.45) is 0 Å². The SMILES string of the molecule is [NH4+].[O-][Si]([O-])([O-])[O-].[Sc+3]. The van der Waals surface area contributed by atoms with Gasteiger partial charge in [-0.3, -0.25) is 0 Å². The maximum Gasteiger partial charge on any atom is 3.00 e. The van der Waals surface area contributed by atoms with Crippen molar-refractivity contribution in [2.45, 2.75) is 0 Å². The maximum absolute atomic E-state index is 8.58. The van der Waals surface area contributed by atoms with E-state index in [4.69, 9.17) is 19.2 Å². The molecule has 0 heterocycles. The van der Waals surface area contributed by atoms with Crippen LogP contribution in [0.3, 0.4) is 0 Å². The molecular formula is H4NO4ScSi. The van der Waals surface area contributed by atoms with Crippen molar-refractivity contribution < 1.29 is 45.0 Å². The summed E-state index contributed by atoms with van der Waals surface area (Å²) in [5.41, 5.74) is 0. The summed E-state index contributed by atoms with van der Waals surface area (Å²) in [5, 5.41) is 0. The molecule has 0 aliphatic heterocycles. The standard InChI is InChI=1S/H3N.O4Si.Sc/c;1-5(2,3)4;/h1H3;;/q;-4;+3/p+1. The average molecular weight is 155 g/mol. The molecule has 0 fully saturated rings. The second-order valence-electron chi connectivity index (χ2n) is 0.500. The van der Waals surface area contributed by atoms with Crippen LogP contribution in [0.15, 0.2) is 0 Å². The van der Waals surface area contributed by atoms with Crippen molar-refractivity contribution in [2.75, 3.05) is 0 Å². The van der Waals surface area contributed by atoms with E-state index in [9.17, 15) is 0 Å². The summed E-state index contributed by atoms with van der Waals surface area (Å²) in [7, 11) is -5.61. The fraction of sp³-hybridized carbons (Fsp3) is 0. The van der Waals surface area contributed by atoms with Gasteiger partial charge in [-0.2, -0.15) is 0 Å². The third-order valence-electron chi connectivity index (χ3n) is 0. The Morgan fingerprint density at radius 2 is 0.857 bits per heavy atom. The predicted molar refractivity (Wildman–Crippen MR) is 11.7 cm³/mol. The van der Waals surface area contributed by atoms with Crippen molar-refractivity contribution in [3.05, 3.63) is 0 Å². The summed E-state index contributed by atoms with van der Waals surface area (Å²) >= 11 is 0. The van der Waals surface area contributed by atoms with Crippen molar-refractivity contribution in [3.8, 4) is 0 Å². The topological polar surface area (TPSA) is 129 Å². The van der Waals surface area contributed by atoms with E-state index in [2.05, 4.69) is 0 Å². The Balaban J connectivity index is -0.0000000800. The Bertz CT molecular complexity index is 27.2. The minimum Gasteiger partial charge on any atom is -0.894 e. The van der Waals surface area contributed by atoms with E-state index in [-0.39, 0.29) is 32.0 Å². The van der Waals surface area contributed by atoms with Gasteiger partial charge in [-0.25, -0.2) is 0 Å². The van der Waals surface area contributed by atoms with Crippen LogP contribution in [-0.2, 0) is 25.8 Å². The molecule has 0 aromatic heterocycles. The molecular weight excluding hydrogens is 151 g/mol. The van der Waals surface area contributed by atoms with Crippen molar-refractivity contribution in [1.82, 2.24) is 6.15 Å². The van der Waals surface area contributed by atoms with Crippen LogP contribution < -0.4 is 25.3 Å². The molecule has 0 aromatic rings. The van der Waals surface area contributed by atoms with Gasteiger partial charge < -0.3 is 34.4 Å². The Hall–Kier alpha value is 0.887. The number of rotatable bonds is 0. The third-order valence-corrected chi connectivity index (χ3v) is 0. The summed E-state index contributed by atoms with van der Waals surface area (Å²) in [4.78, 5) is 34.3. The van der Waals surface area contributed by atoms with E-state index >= 15 is 0 Å². The molecule has 0 saturated heterocycles. The van der Waals surface area contributed by atoms with E-state index in [0.29, 0.717) is 0 Å². The number of quaternary nitrogens is 1. The van der Waals surface area contributed by atoms with Gasteiger partial charge in [-0.15, -0.1) is 0 Å². The third kappa shape index (κ3) is 209. The van der Waals surface area contributed by atoms with Crippen LogP contribution in [-0.4, -0.2) is 9.05 Å². The van der Waals surface area contributed by atoms with Crippen LogP contribution in [0, 0.1) is 0 Å². The van der Waals surface area contributed by atoms with Gasteiger partial charge >= 0.3 is 25.8 Å². The fourth-order valence-electron chi connectivity index (χ4n) is 0. The zero-order valence-electron chi connectivity index (χ0n) is 3.71. The minimum atomic E-state index is -5.61. The van der Waals surface area contributed by atoms with Crippen LogP contribution in [0.2, 0.25) is 0 Å². The van der Waals surface area contributed by atoms with Crippen LogP contribution in [0.1, 0.15) is 0 Å². The van der Waals surface area contributed by atoms with Gasteiger partial charge in [0.15, 0.2) is 0 Å². The molecule has 0 unspecified atom stereocenters. The molecule has 4 N–H and O–H groups in total. The summed E-state index contributed by atoms with van der Waals surface area (Å²) < 4.78 is 0. The first-order chi connectivity index (χ1) is 2.00. The Kier molecular flexibility index (Phi) is 11.3. The summed E-state index contributed by atoms with van der Waals surface area (Å²) in [6, 6.07) is 0. The molecule has 7 heavy (non-hydrogen) atoms. The normalized spacial score (nSPS) is 8.57. The second-order valence-corrected chi connectivity index (χ2v) is 1.50. The van der Waals surface area contributed by atoms with Crippen molar-refractivity contribution in [3.63, 3.8) is 0 Å². The summed E-state index contributed by atoms with van der Waals surface area (Å²) in [6.07, 6.45) is 0. The van der Waals surface area contributed by atoms with Crippen LogP contribution >= 0.6 is 0 Å². The average Bonchev–Trinajstić information content (AvgIpc) is 0.722. The number of hydrogen-bond acceptors (Lipinski definition) is 4. The van der Waals surface area contributed by atoms with Crippen molar-refractivity contribution >= 4 is 9.05 Å². The maximum atomic E-state index is 8.58. The summed E-state index contributed by atoms with van der Waals surface area (Å²) in [6.45, 7) is 0. The Morgan fingerprint density at radius 3 is 0.857 bits per heavy atom. The van der Waals surface area contributed by atoms with E-state index in [1.54, 1.807) is 0 Å². The fourth-order valence-corrected chi connectivity index (χ4v) is 0. The van der Waals surface area contributed by atoms with Crippen molar-refractivity contribution in [1.29, 1.82) is 0 Å². The van der Waals surface area contributed by atoms with Gasteiger partial charge in [0.25, 0.3) is 0 Å². The molecule has 40 valence electrons. The first kappa shape index (κ1) is 15.7. The molecule has 0 aliphatic carbocycles. The van der Waals surface area contributed by atoms with Gasteiger partial charge in [0, 0.05) is 0 Å². The molecule has 0 spiro atoms. The largest absolute Gasteiger partial charge is 3.00 e. The minimum absolute atomic E-state index is 0. The van der Waals surface area contributed by atoms with Gasteiger partial charge in [-0.1, -0.05) is 0 Å². The van der Waals surface area contributed by atoms with Crippen LogP contribution in [0.25, 0.3) is 0 Å². The first-order valence-electron chi connectivity index (χ1n) is 0.816. The Morgan fingerprint density at radius 1 is 0.857 bits per heavy atom. The van der Waals surface area contributed by atoms with Gasteiger partial charge in [0.2, 0.25) is 0 Å². The molecule has 0 amide bonds. The molecule has 0 aromatic carbocycles. The molecule has 7 heteroatoms. The molecule has 0 radical (unpaired) electrons. The molecule has 0 bridgehead atoms. The van der Waals surface area contributed by atoms with E-state index in [1.807, 2.05) is 0 Å². The predicted octanol–water partition coefficient (Wildman–Crippen LogP) is -4.76. The van der Waals surface area contributed by atoms with Crippen LogP contribution in [0.5, 0.6) is 0 Å². The summed E-state index contributed by atoms with van der Waals surface area (Å²) in [5.74, 6) is 0. The van der Waals surface area contributed by atoms with E-state index < -0.39 is 9.05 Å². The molecule has 0 atom stereocenters. The van der Waals surface area contributed by atoms with E-state index in [1.165, 1.54) is 0 Å². The molecule has 0 saturated carbocycles. The smallest absolute Gasteiger partial charge is 0.894 e. The van der Waals surface area contributed by atoms with Crippen LogP contribution in [0.4, 0.5) is 0 Å². The molecule has 0 aliphatic rings.